The molecule has 5 heteroatoms. The maximum Gasteiger partial charge on any atom is 0.152 e. The average Bonchev–Trinajstić information content (AvgIpc) is 3.27. The fourth-order valence-electron chi connectivity index (χ4n) is 2.78. The van der Waals surface area contributed by atoms with Gasteiger partial charge in [0.2, 0.25) is 0 Å². The number of nitrogens with one attached hydrogen (secondary N) is 1. The molecule has 114 valence electrons. The van der Waals surface area contributed by atoms with E-state index in [1.54, 1.807) is 7.11 Å². The molecule has 0 bridgehead atoms. The SMILES string of the molecule is CCN(c1nc2ccccn2c1CNCCOC)C1CC1. The molecule has 0 aromatic carbocycles. The third-order valence-electron chi connectivity index (χ3n) is 3.98. The number of hydrogen-bond acceptors (Lipinski definition) is 4. The van der Waals surface area contributed by atoms with Crippen molar-refractivity contribution in [2.24, 2.45) is 0 Å². The summed E-state index contributed by atoms with van der Waals surface area (Å²) in [6.07, 6.45) is 4.68. The van der Waals surface area contributed by atoms with E-state index in [4.69, 9.17) is 9.72 Å². The lowest BCUT2D eigenvalue weighted by Gasteiger charge is -2.21. The number of rotatable bonds is 8. The molecular weight excluding hydrogens is 264 g/mol. The number of ether oxygens (including phenoxy) is 1. The van der Waals surface area contributed by atoms with Gasteiger partial charge in [-0.2, -0.15) is 0 Å². The van der Waals surface area contributed by atoms with E-state index in [1.807, 2.05) is 6.07 Å². The highest BCUT2D eigenvalue weighted by Crippen LogP contribution is 2.33. The molecule has 2 aromatic heterocycles. The van der Waals surface area contributed by atoms with Crippen LogP contribution < -0.4 is 10.2 Å². The van der Waals surface area contributed by atoms with Crippen LogP contribution in [0, 0.1) is 0 Å². The average molecular weight is 288 g/mol. The van der Waals surface area contributed by atoms with E-state index in [9.17, 15) is 0 Å². The fraction of sp³-hybridized carbons (Fsp3) is 0.562. The van der Waals surface area contributed by atoms with Gasteiger partial charge in [-0.05, 0) is 31.9 Å². The van der Waals surface area contributed by atoms with Gasteiger partial charge in [0.25, 0.3) is 0 Å². The zero-order valence-electron chi connectivity index (χ0n) is 12.9. The number of anilines is 1. The first-order valence-corrected chi connectivity index (χ1v) is 7.77. The van der Waals surface area contributed by atoms with Crippen molar-refractivity contribution in [2.45, 2.75) is 32.4 Å². The van der Waals surface area contributed by atoms with Gasteiger partial charge in [0, 0.05) is 39.0 Å². The largest absolute Gasteiger partial charge is 0.383 e. The Hall–Kier alpha value is -1.59. The predicted molar refractivity (Wildman–Crippen MR) is 84.8 cm³/mol. The number of nitrogens with zero attached hydrogens (tertiary/aromatic N) is 3. The lowest BCUT2D eigenvalue weighted by molar-refractivity contribution is 0.199. The van der Waals surface area contributed by atoms with Crippen LogP contribution in [-0.2, 0) is 11.3 Å². The number of pyridine rings is 1. The Morgan fingerprint density at radius 2 is 2.29 bits per heavy atom. The Bertz CT molecular complexity index is 591. The van der Waals surface area contributed by atoms with Crippen molar-refractivity contribution in [3.8, 4) is 0 Å². The van der Waals surface area contributed by atoms with E-state index < -0.39 is 0 Å². The minimum absolute atomic E-state index is 0.678. The second kappa shape index (κ2) is 6.45. The maximum atomic E-state index is 5.10. The molecule has 5 nitrogen and oxygen atoms in total. The van der Waals surface area contributed by atoms with Crippen LogP contribution in [-0.4, -0.2) is 42.2 Å². The summed E-state index contributed by atoms with van der Waals surface area (Å²) in [4.78, 5) is 7.31. The Morgan fingerprint density at radius 1 is 1.43 bits per heavy atom. The second-order valence-electron chi connectivity index (χ2n) is 5.50. The minimum atomic E-state index is 0.678. The van der Waals surface area contributed by atoms with Crippen LogP contribution in [0.4, 0.5) is 5.82 Å². The van der Waals surface area contributed by atoms with E-state index in [0.717, 1.165) is 37.7 Å². The van der Waals surface area contributed by atoms with Crippen molar-refractivity contribution in [2.75, 3.05) is 31.7 Å². The van der Waals surface area contributed by atoms with E-state index in [2.05, 4.69) is 39.9 Å². The molecule has 1 saturated carbocycles. The van der Waals surface area contributed by atoms with Gasteiger partial charge in [-0.15, -0.1) is 0 Å². The summed E-state index contributed by atoms with van der Waals surface area (Å²) in [7, 11) is 1.73. The Balaban J connectivity index is 1.89. The van der Waals surface area contributed by atoms with Crippen molar-refractivity contribution in [1.82, 2.24) is 14.7 Å². The van der Waals surface area contributed by atoms with E-state index in [-0.39, 0.29) is 0 Å². The summed E-state index contributed by atoms with van der Waals surface area (Å²) in [5, 5.41) is 3.45. The molecule has 3 rings (SSSR count). The van der Waals surface area contributed by atoms with Crippen molar-refractivity contribution in [3.05, 3.63) is 30.1 Å². The number of aromatic nitrogens is 2. The molecular formula is C16H24N4O. The van der Waals surface area contributed by atoms with Crippen LogP contribution in [0.5, 0.6) is 0 Å². The molecule has 0 atom stereocenters. The zero-order valence-corrected chi connectivity index (χ0v) is 12.9. The molecule has 0 aliphatic heterocycles. The van der Waals surface area contributed by atoms with Crippen LogP contribution in [0.2, 0.25) is 0 Å². The van der Waals surface area contributed by atoms with E-state index in [1.165, 1.54) is 18.5 Å². The van der Waals surface area contributed by atoms with Gasteiger partial charge in [-0.3, -0.25) is 0 Å². The van der Waals surface area contributed by atoms with Gasteiger partial charge in [-0.25, -0.2) is 4.98 Å². The fourth-order valence-corrected chi connectivity index (χ4v) is 2.78. The summed E-state index contributed by atoms with van der Waals surface area (Å²) in [5.41, 5.74) is 2.27. The monoisotopic (exact) mass is 288 g/mol. The predicted octanol–water partition coefficient (Wildman–Crippen LogP) is 2.06. The molecule has 0 amide bonds. The van der Waals surface area contributed by atoms with Crippen LogP contribution in [0.25, 0.3) is 5.65 Å². The van der Waals surface area contributed by atoms with Gasteiger partial charge in [-0.1, -0.05) is 6.07 Å². The molecule has 1 N–H and O–H groups in total. The maximum absolute atomic E-state index is 5.10. The summed E-state index contributed by atoms with van der Waals surface area (Å²) >= 11 is 0. The topological polar surface area (TPSA) is 41.8 Å². The Labute approximate surface area is 125 Å². The second-order valence-corrected chi connectivity index (χ2v) is 5.50. The van der Waals surface area contributed by atoms with E-state index >= 15 is 0 Å². The third kappa shape index (κ3) is 3.04. The van der Waals surface area contributed by atoms with Crippen molar-refractivity contribution < 1.29 is 4.74 Å². The van der Waals surface area contributed by atoms with Crippen LogP contribution in [0.3, 0.4) is 0 Å². The molecule has 1 aliphatic carbocycles. The van der Waals surface area contributed by atoms with Crippen LogP contribution in [0.15, 0.2) is 24.4 Å². The first-order valence-electron chi connectivity index (χ1n) is 7.77. The first-order chi connectivity index (χ1) is 10.3. The van der Waals surface area contributed by atoms with Crippen molar-refractivity contribution >= 4 is 11.5 Å². The highest BCUT2D eigenvalue weighted by atomic mass is 16.5. The molecule has 1 aliphatic rings. The Morgan fingerprint density at radius 3 is 3.00 bits per heavy atom. The summed E-state index contributed by atoms with van der Waals surface area (Å²) < 4.78 is 7.30. The lowest BCUT2D eigenvalue weighted by atomic mass is 10.3. The summed E-state index contributed by atoms with van der Waals surface area (Å²) in [6.45, 7) is 5.62. The van der Waals surface area contributed by atoms with Crippen LogP contribution in [0.1, 0.15) is 25.5 Å². The summed E-state index contributed by atoms with van der Waals surface area (Å²) in [5.74, 6) is 1.14. The van der Waals surface area contributed by atoms with E-state index in [0.29, 0.717) is 6.04 Å². The number of imidazole rings is 1. The highest BCUT2D eigenvalue weighted by molar-refractivity contribution is 5.57. The number of methoxy groups -OCH3 is 1. The summed E-state index contributed by atoms with van der Waals surface area (Å²) in [6, 6.07) is 6.85. The van der Waals surface area contributed by atoms with Gasteiger partial charge >= 0.3 is 0 Å². The quantitative estimate of drug-likeness (QED) is 0.755. The molecule has 21 heavy (non-hydrogen) atoms. The normalized spacial score (nSPS) is 14.8. The zero-order chi connectivity index (χ0) is 14.7. The molecule has 2 heterocycles. The first kappa shape index (κ1) is 14.4. The molecule has 0 unspecified atom stereocenters. The molecule has 0 spiro atoms. The van der Waals surface area contributed by atoms with Gasteiger partial charge in [0.05, 0.1) is 12.3 Å². The number of hydrogen-bond donors (Lipinski definition) is 1. The minimum Gasteiger partial charge on any atom is -0.383 e. The Kier molecular flexibility index (Phi) is 4.41. The smallest absolute Gasteiger partial charge is 0.152 e. The molecule has 2 aromatic rings. The molecule has 0 radical (unpaired) electrons. The van der Waals surface area contributed by atoms with Crippen molar-refractivity contribution in [3.63, 3.8) is 0 Å². The van der Waals surface area contributed by atoms with Gasteiger partial charge < -0.3 is 19.4 Å². The van der Waals surface area contributed by atoms with Gasteiger partial charge in [0.1, 0.15) is 5.65 Å². The lowest BCUT2D eigenvalue weighted by Crippen LogP contribution is -2.28. The number of fused-ring (bicyclic) bond motifs is 1. The van der Waals surface area contributed by atoms with Gasteiger partial charge in [0.15, 0.2) is 5.82 Å². The molecule has 1 fully saturated rings. The van der Waals surface area contributed by atoms with Crippen molar-refractivity contribution in [1.29, 1.82) is 0 Å². The third-order valence-corrected chi connectivity index (χ3v) is 3.98. The highest BCUT2D eigenvalue weighted by Gasteiger charge is 2.31. The van der Waals surface area contributed by atoms with Crippen LogP contribution >= 0.6 is 0 Å². The molecule has 0 saturated heterocycles. The standard InChI is InChI=1S/C16H24N4O/c1-3-19(13-7-8-13)16-14(12-17-9-11-21-2)20-10-5-4-6-15(20)18-16/h4-6,10,13,17H,3,7-9,11-12H2,1-2H3.